The zero-order valence-electron chi connectivity index (χ0n) is 9.29. The van der Waals surface area contributed by atoms with E-state index in [9.17, 15) is 4.91 Å². The molecule has 2 rings (SSSR count). The Bertz CT molecular complexity index is 392. The first kappa shape index (κ1) is 10.4. The molecular weight excluding hydrogens is 187 g/mol. The molecule has 0 spiro atoms. The number of hydrogen-bond acceptors (Lipinski definition) is 3. The van der Waals surface area contributed by atoms with Gasteiger partial charge in [0.25, 0.3) is 0 Å². The van der Waals surface area contributed by atoms with E-state index in [0.29, 0.717) is 5.69 Å². The third-order valence-electron chi connectivity index (χ3n) is 3.25. The van der Waals surface area contributed by atoms with E-state index in [1.165, 1.54) is 11.0 Å². The van der Waals surface area contributed by atoms with E-state index in [1.54, 1.807) is 0 Å². The molecule has 1 aromatic carbocycles. The number of fused-ring (bicyclic) bond motifs is 1. The summed E-state index contributed by atoms with van der Waals surface area (Å²) in [7, 11) is 2.11. The van der Waals surface area contributed by atoms with Gasteiger partial charge in [0.15, 0.2) is 0 Å². The van der Waals surface area contributed by atoms with Gasteiger partial charge in [-0.25, -0.2) is 0 Å². The van der Waals surface area contributed by atoms with E-state index in [0.717, 1.165) is 31.6 Å². The lowest BCUT2D eigenvalue weighted by atomic mass is 9.83. The Hall–Kier alpha value is -1.16. The smallest absolute Gasteiger partial charge is 0.139 e. The van der Waals surface area contributed by atoms with Crippen LogP contribution in [0, 0.1) is 4.91 Å². The molecular formula is C11H15BN2O. The first-order chi connectivity index (χ1) is 7.26. The highest BCUT2D eigenvalue weighted by Crippen LogP contribution is 2.26. The van der Waals surface area contributed by atoms with Crippen molar-refractivity contribution in [1.29, 1.82) is 0 Å². The monoisotopic (exact) mass is 202 g/mol. The topological polar surface area (TPSA) is 32.7 Å². The van der Waals surface area contributed by atoms with Crippen LogP contribution in [0.15, 0.2) is 17.3 Å². The van der Waals surface area contributed by atoms with Crippen molar-refractivity contribution < 1.29 is 0 Å². The van der Waals surface area contributed by atoms with Crippen LogP contribution in [0.2, 0.25) is 0 Å². The van der Waals surface area contributed by atoms with Gasteiger partial charge in [-0.1, -0.05) is 18.5 Å². The molecule has 0 unspecified atom stereocenters. The quantitative estimate of drug-likeness (QED) is 0.522. The van der Waals surface area contributed by atoms with Crippen molar-refractivity contribution >= 4 is 19.0 Å². The Morgan fingerprint density at radius 1 is 1.47 bits per heavy atom. The van der Waals surface area contributed by atoms with Crippen molar-refractivity contribution in [1.82, 2.24) is 4.90 Å². The molecule has 1 heterocycles. The normalized spacial score (nSPS) is 16.1. The Labute approximate surface area is 90.9 Å². The molecule has 0 N–H and O–H groups in total. The summed E-state index contributed by atoms with van der Waals surface area (Å²) in [5, 5.41) is 3.12. The fraction of sp³-hybridized carbons (Fsp3) is 0.455. The predicted molar refractivity (Wildman–Crippen MR) is 64.7 cm³/mol. The van der Waals surface area contributed by atoms with E-state index in [-0.39, 0.29) is 0 Å². The van der Waals surface area contributed by atoms with E-state index >= 15 is 0 Å². The van der Waals surface area contributed by atoms with Gasteiger partial charge in [0.05, 0.1) is 0 Å². The Balaban J connectivity index is 2.45. The first-order valence-electron chi connectivity index (χ1n) is 5.43. The molecule has 0 aliphatic carbocycles. The van der Waals surface area contributed by atoms with Crippen molar-refractivity contribution in [3.05, 3.63) is 28.2 Å². The third-order valence-corrected chi connectivity index (χ3v) is 3.25. The van der Waals surface area contributed by atoms with Crippen LogP contribution in [-0.2, 0) is 13.0 Å². The van der Waals surface area contributed by atoms with Gasteiger partial charge in [-0.2, -0.15) is 0 Å². The molecule has 0 aromatic heterocycles. The minimum absolute atomic E-state index is 0.619. The van der Waals surface area contributed by atoms with Crippen LogP contribution < -0.4 is 5.46 Å². The van der Waals surface area contributed by atoms with Crippen LogP contribution in [0.25, 0.3) is 0 Å². The summed E-state index contributed by atoms with van der Waals surface area (Å²) in [6.07, 6.45) is 1.04. The Kier molecular flexibility index (Phi) is 2.87. The first-order valence-corrected chi connectivity index (χ1v) is 5.43. The van der Waals surface area contributed by atoms with Crippen molar-refractivity contribution in [3.63, 3.8) is 0 Å². The van der Waals surface area contributed by atoms with E-state index < -0.39 is 0 Å². The minimum Gasteiger partial charge on any atom is -0.299 e. The number of nitroso groups, excluding NO2 is 1. The molecule has 0 bridgehead atoms. The molecule has 0 saturated heterocycles. The molecule has 0 fully saturated rings. The van der Waals surface area contributed by atoms with Crippen LogP contribution in [0.4, 0.5) is 5.69 Å². The fourth-order valence-electron chi connectivity index (χ4n) is 2.25. The van der Waals surface area contributed by atoms with Crippen molar-refractivity contribution in [2.45, 2.75) is 19.9 Å². The summed E-state index contributed by atoms with van der Waals surface area (Å²) in [6.45, 7) is 5.14. The summed E-state index contributed by atoms with van der Waals surface area (Å²) in [5.74, 6) is 0. The summed E-state index contributed by atoms with van der Waals surface area (Å²) < 4.78 is 0. The van der Waals surface area contributed by atoms with Gasteiger partial charge >= 0.3 is 0 Å². The lowest BCUT2D eigenvalue weighted by Crippen LogP contribution is -2.33. The molecule has 1 aliphatic heterocycles. The molecule has 78 valence electrons. The van der Waals surface area contributed by atoms with Gasteiger partial charge in [0.1, 0.15) is 13.5 Å². The van der Waals surface area contributed by atoms with Crippen LogP contribution in [-0.4, -0.2) is 25.8 Å². The summed E-state index contributed by atoms with van der Waals surface area (Å²) in [4.78, 5) is 13.1. The summed E-state index contributed by atoms with van der Waals surface area (Å²) in [5.41, 5.74) is 4.37. The van der Waals surface area contributed by atoms with Gasteiger partial charge in [-0.15, -0.1) is 4.91 Å². The number of rotatable bonds is 2. The highest BCUT2D eigenvalue weighted by atomic mass is 16.3. The van der Waals surface area contributed by atoms with Crippen LogP contribution in [0.5, 0.6) is 0 Å². The number of hydrogen-bond donors (Lipinski definition) is 0. The second kappa shape index (κ2) is 4.15. The highest BCUT2D eigenvalue weighted by Gasteiger charge is 2.19. The molecule has 0 amide bonds. The molecule has 3 nitrogen and oxygen atoms in total. The number of benzene rings is 1. The van der Waals surface area contributed by atoms with E-state index in [4.69, 9.17) is 0 Å². The molecule has 1 aromatic rings. The fourth-order valence-corrected chi connectivity index (χ4v) is 2.25. The van der Waals surface area contributed by atoms with Gasteiger partial charge in [-0.3, -0.25) is 4.90 Å². The van der Waals surface area contributed by atoms with Gasteiger partial charge in [-0.05, 0) is 35.3 Å². The second-order valence-corrected chi connectivity index (χ2v) is 4.07. The lowest BCUT2D eigenvalue weighted by Gasteiger charge is -2.29. The van der Waals surface area contributed by atoms with E-state index in [1.807, 2.05) is 12.1 Å². The predicted octanol–water partition coefficient (Wildman–Crippen LogP) is 0.721. The average molecular weight is 202 g/mol. The molecule has 0 saturated carbocycles. The zero-order valence-corrected chi connectivity index (χ0v) is 9.29. The van der Waals surface area contributed by atoms with Crippen LogP contribution >= 0.6 is 0 Å². The third kappa shape index (κ3) is 1.82. The molecule has 4 heteroatoms. The summed E-state index contributed by atoms with van der Waals surface area (Å²) >= 11 is 0. The van der Waals surface area contributed by atoms with Crippen molar-refractivity contribution in [3.8, 4) is 0 Å². The van der Waals surface area contributed by atoms with Crippen molar-refractivity contribution in [2.75, 3.05) is 13.1 Å². The molecule has 15 heavy (non-hydrogen) atoms. The van der Waals surface area contributed by atoms with E-state index in [2.05, 4.69) is 24.8 Å². The molecule has 1 aliphatic rings. The number of likely N-dealkylation sites (N-methyl/N-ethyl adjacent to an activating group) is 1. The van der Waals surface area contributed by atoms with Gasteiger partial charge < -0.3 is 0 Å². The molecule has 0 radical (unpaired) electrons. The average Bonchev–Trinajstić information content (AvgIpc) is 2.29. The lowest BCUT2D eigenvalue weighted by molar-refractivity contribution is 0.269. The van der Waals surface area contributed by atoms with Crippen molar-refractivity contribution in [2.24, 2.45) is 5.18 Å². The standard InChI is InChI=1S/C11H15BN2O/c1-2-14-6-5-8-9(7-14)11(13-15)4-3-10(8)12/h3-4H,2,5-7,12H2,1H3. The van der Waals surface area contributed by atoms with Crippen LogP contribution in [0.3, 0.4) is 0 Å². The highest BCUT2D eigenvalue weighted by molar-refractivity contribution is 6.33. The second-order valence-electron chi connectivity index (χ2n) is 4.07. The number of nitrogens with zero attached hydrogens (tertiary/aromatic N) is 2. The minimum atomic E-state index is 0.619. The Morgan fingerprint density at radius 2 is 2.27 bits per heavy atom. The largest absolute Gasteiger partial charge is 0.299 e. The van der Waals surface area contributed by atoms with Crippen LogP contribution in [0.1, 0.15) is 18.1 Å². The maximum Gasteiger partial charge on any atom is 0.139 e. The maximum absolute atomic E-state index is 10.7. The zero-order chi connectivity index (χ0) is 10.8. The summed E-state index contributed by atoms with van der Waals surface area (Å²) in [6, 6.07) is 3.83. The molecule has 0 atom stereocenters. The van der Waals surface area contributed by atoms with Gasteiger partial charge in [0.2, 0.25) is 0 Å². The maximum atomic E-state index is 10.7. The Morgan fingerprint density at radius 3 is 2.93 bits per heavy atom. The van der Waals surface area contributed by atoms with Gasteiger partial charge in [0, 0.05) is 13.1 Å². The SMILES string of the molecule is Bc1ccc(N=O)c2c1CCN(CC)C2.